The zero-order chi connectivity index (χ0) is 24.1. The van der Waals surface area contributed by atoms with E-state index < -0.39 is 28.8 Å². The van der Waals surface area contributed by atoms with Crippen molar-refractivity contribution >= 4 is 10.8 Å². The number of hydrogen-bond donors (Lipinski definition) is 0. The largest absolute Gasteiger partial charge is 0.384 e. The molecule has 0 N–H and O–H groups in total. The van der Waals surface area contributed by atoms with Crippen LogP contribution >= 0.6 is 0 Å². The molecule has 5 heteroatoms. The van der Waals surface area contributed by atoms with Gasteiger partial charge in [-0.3, -0.25) is 0 Å². The number of halogens is 4. The van der Waals surface area contributed by atoms with Crippen LogP contribution < -0.4 is 0 Å². The van der Waals surface area contributed by atoms with Crippen LogP contribution in [0.2, 0.25) is 0 Å². The highest BCUT2D eigenvalue weighted by atomic mass is 19.2. The normalized spacial score (nSPS) is 10.4. The SMILES string of the molecule is COCCc1ccc(C#Cc2cc(F)c(C#Cc3ccc4cc(F)c(F)cc4c3)c(F)c2)cc1. The van der Waals surface area contributed by atoms with Crippen molar-refractivity contribution < 1.29 is 22.3 Å². The summed E-state index contributed by atoms with van der Waals surface area (Å²) >= 11 is 0. The summed E-state index contributed by atoms with van der Waals surface area (Å²) < 4.78 is 61.0. The Morgan fingerprint density at radius 3 is 1.85 bits per heavy atom. The van der Waals surface area contributed by atoms with E-state index in [2.05, 4.69) is 23.7 Å². The van der Waals surface area contributed by atoms with Gasteiger partial charge in [-0.1, -0.05) is 41.9 Å². The van der Waals surface area contributed by atoms with Crippen LogP contribution in [-0.4, -0.2) is 13.7 Å². The summed E-state index contributed by atoms with van der Waals surface area (Å²) in [4.78, 5) is 0. The number of methoxy groups -OCH3 is 1. The zero-order valence-electron chi connectivity index (χ0n) is 18.2. The van der Waals surface area contributed by atoms with E-state index in [9.17, 15) is 17.6 Å². The second-order valence-corrected chi connectivity index (χ2v) is 7.58. The zero-order valence-corrected chi connectivity index (χ0v) is 18.2. The molecule has 0 unspecified atom stereocenters. The summed E-state index contributed by atoms with van der Waals surface area (Å²) in [5.41, 5.74) is 2.04. The summed E-state index contributed by atoms with van der Waals surface area (Å²) in [5, 5.41) is 0.929. The maximum Gasteiger partial charge on any atom is 0.159 e. The molecule has 34 heavy (non-hydrogen) atoms. The van der Waals surface area contributed by atoms with Crippen molar-refractivity contribution in [3.05, 3.63) is 118 Å². The first-order valence-electron chi connectivity index (χ1n) is 10.4. The summed E-state index contributed by atoms with van der Waals surface area (Å²) in [6.07, 6.45) is 0.789. The molecule has 0 aliphatic carbocycles. The molecule has 1 nitrogen and oxygen atoms in total. The predicted octanol–water partition coefficient (Wildman–Crippen LogP) is 6.38. The average molecular weight is 458 g/mol. The van der Waals surface area contributed by atoms with Crippen molar-refractivity contribution in [1.82, 2.24) is 0 Å². The van der Waals surface area contributed by atoms with Crippen LogP contribution in [0.3, 0.4) is 0 Å². The Morgan fingerprint density at radius 1 is 0.588 bits per heavy atom. The molecular weight excluding hydrogens is 440 g/mol. The van der Waals surface area contributed by atoms with Crippen LogP contribution in [0.1, 0.15) is 27.8 Å². The van der Waals surface area contributed by atoms with Gasteiger partial charge >= 0.3 is 0 Å². The molecule has 0 aliphatic heterocycles. The Hall–Kier alpha value is -4.06. The molecule has 0 saturated heterocycles. The van der Waals surface area contributed by atoms with Gasteiger partial charge in [0.2, 0.25) is 0 Å². The van der Waals surface area contributed by atoms with Gasteiger partial charge in [0.15, 0.2) is 11.6 Å². The first kappa shape index (κ1) is 23.1. The van der Waals surface area contributed by atoms with Gasteiger partial charge in [0.25, 0.3) is 0 Å². The molecule has 0 fully saturated rings. The van der Waals surface area contributed by atoms with Crippen LogP contribution in [0.4, 0.5) is 17.6 Å². The number of ether oxygens (including phenoxy) is 1. The molecule has 0 aromatic heterocycles. The van der Waals surface area contributed by atoms with Gasteiger partial charge in [-0.25, -0.2) is 17.6 Å². The lowest BCUT2D eigenvalue weighted by atomic mass is 10.1. The first-order valence-corrected chi connectivity index (χ1v) is 10.4. The standard InChI is InChI=1S/C29H18F4O/c1-34-13-12-20-4-2-19(3-5-20)6-7-22-15-26(30)25(27(31)16-22)11-9-21-8-10-23-17-28(32)29(33)18-24(23)14-21/h2-5,8,10,14-18H,12-13H2,1H3. The van der Waals surface area contributed by atoms with Crippen molar-refractivity contribution in [1.29, 1.82) is 0 Å². The fourth-order valence-electron chi connectivity index (χ4n) is 3.34. The maximum atomic E-state index is 14.5. The smallest absolute Gasteiger partial charge is 0.159 e. The van der Waals surface area contributed by atoms with E-state index >= 15 is 0 Å². The van der Waals surface area contributed by atoms with E-state index in [4.69, 9.17) is 4.74 Å². The Labute approximate surface area is 195 Å². The molecule has 0 amide bonds. The number of fused-ring (bicyclic) bond motifs is 1. The van der Waals surface area contributed by atoms with E-state index in [1.54, 1.807) is 19.2 Å². The van der Waals surface area contributed by atoms with Crippen LogP contribution in [0.15, 0.2) is 66.7 Å². The molecule has 0 aliphatic rings. The van der Waals surface area contributed by atoms with Crippen molar-refractivity contribution in [2.24, 2.45) is 0 Å². The lowest BCUT2D eigenvalue weighted by Gasteiger charge is -2.01. The van der Waals surface area contributed by atoms with Gasteiger partial charge in [-0.15, -0.1) is 0 Å². The predicted molar refractivity (Wildman–Crippen MR) is 124 cm³/mol. The molecule has 168 valence electrons. The summed E-state index contributed by atoms with van der Waals surface area (Å²) in [6, 6.07) is 16.6. The van der Waals surface area contributed by atoms with Gasteiger partial charge in [0.05, 0.1) is 12.2 Å². The summed E-state index contributed by atoms with van der Waals surface area (Å²) in [6.45, 7) is 0.623. The van der Waals surface area contributed by atoms with Crippen LogP contribution in [0, 0.1) is 47.0 Å². The van der Waals surface area contributed by atoms with Gasteiger partial charge in [0.1, 0.15) is 11.6 Å². The molecule has 0 heterocycles. The Kier molecular flexibility index (Phi) is 6.97. The third kappa shape index (κ3) is 5.46. The fourth-order valence-corrected chi connectivity index (χ4v) is 3.34. The summed E-state index contributed by atoms with van der Waals surface area (Å²) in [7, 11) is 1.64. The van der Waals surface area contributed by atoms with E-state index in [1.807, 2.05) is 24.3 Å². The summed E-state index contributed by atoms with van der Waals surface area (Å²) in [5.74, 6) is 7.23. The highest BCUT2D eigenvalue weighted by Gasteiger charge is 2.09. The van der Waals surface area contributed by atoms with Gasteiger partial charge in [0, 0.05) is 23.8 Å². The molecule has 0 spiro atoms. The quantitative estimate of drug-likeness (QED) is 0.256. The van der Waals surface area contributed by atoms with Crippen LogP contribution in [0.5, 0.6) is 0 Å². The topological polar surface area (TPSA) is 9.23 Å². The molecule has 0 saturated carbocycles. The molecule has 4 aromatic rings. The number of benzene rings is 4. The van der Waals surface area contributed by atoms with Crippen LogP contribution in [0.25, 0.3) is 10.8 Å². The van der Waals surface area contributed by atoms with Gasteiger partial charge < -0.3 is 4.74 Å². The molecular formula is C29H18F4O. The van der Waals surface area contributed by atoms with Crippen molar-refractivity contribution in [2.75, 3.05) is 13.7 Å². The fraction of sp³-hybridized carbons (Fsp3) is 0.103. The van der Waals surface area contributed by atoms with E-state index in [1.165, 1.54) is 6.07 Å². The number of hydrogen-bond acceptors (Lipinski definition) is 1. The minimum atomic E-state index is -0.978. The molecule has 4 aromatic carbocycles. The molecule has 0 atom stereocenters. The molecule has 0 radical (unpaired) electrons. The molecule has 4 rings (SSSR count). The minimum absolute atomic E-state index is 0.187. The third-order valence-electron chi connectivity index (χ3n) is 5.15. The lowest BCUT2D eigenvalue weighted by molar-refractivity contribution is 0.202. The van der Waals surface area contributed by atoms with E-state index in [0.29, 0.717) is 22.9 Å². The lowest BCUT2D eigenvalue weighted by Crippen LogP contribution is -1.94. The highest BCUT2D eigenvalue weighted by Crippen LogP contribution is 2.20. The Balaban J connectivity index is 1.55. The monoisotopic (exact) mass is 458 g/mol. The van der Waals surface area contributed by atoms with Gasteiger partial charge in [-0.05, 0) is 71.3 Å². The molecule has 0 bridgehead atoms. The highest BCUT2D eigenvalue weighted by molar-refractivity contribution is 5.84. The maximum absolute atomic E-state index is 14.5. The van der Waals surface area contributed by atoms with E-state index in [-0.39, 0.29) is 5.56 Å². The van der Waals surface area contributed by atoms with Crippen molar-refractivity contribution in [2.45, 2.75) is 6.42 Å². The van der Waals surface area contributed by atoms with Gasteiger partial charge in [-0.2, -0.15) is 0 Å². The van der Waals surface area contributed by atoms with Crippen molar-refractivity contribution in [3.63, 3.8) is 0 Å². The minimum Gasteiger partial charge on any atom is -0.384 e. The first-order chi connectivity index (χ1) is 16.4. The second-order valence-electron chi connectivity index (χ2n) is 7.58. The average Bonchev–Trinajstić information content (AvgIpc) is 2.82. The Morgan fingerprint density at radius 2 is 1.18 bits per heavy atom. The van der Waals surface area contributed by atoms with Crippen LogP contribution in [-0.2, 0) is 11.2 Å². The van der Waals surface area contributed by atoms with Crippen molar-refractivity contribution in [3.8, 4) is 23.7 Å². The second kappa shape index (κ2) is 10.3. The van der Waals surface area contributed by atoms with E-state index in [0.717, 1.165) is 41.8 Å². The number of rotatable bonds is 3. The third-order valence-corrected chi connectivity index (χ3v) is 5.15. The Bertz CT molecular complexity index is 1460.